The second kappa shape index (κ2) is 6.57. The van der Waals surface area contributed by atoms with Crippen molar-refractivity contribution in [3.05, 3.63) is 42.8 Å². The summed E-state index contributed by atoms with van der Waals surface area (Å²) in [6.45, 7) is 0.546. The summed E-state index contributed by atoms with van der Waals surface area (Å²) in [6.07, 6.45) is 0. The van der Waals surface area contributed by atoms with E-state index in [1.165, 1.54) is 0 Å². The summed E-state index contributed by atoms with van der Waals surface area (Å²) in [6, 6.07) is 5.09. The minimum absolute atomic E-state index is 0.222. The highest BCUT2D eigenvalue weighted by atomic mass is 127. The van der Waals surface area contributed by atoms with Crippen LogP contribution >= 0.6 is 34.2 Å². The maximum absolute atomic E-state index is 11.7. The van der Waals surface area contributed by atoms with E-state index in [1.54, 1.807) is 18.2 Å². The van der Waals surface area contributed by atoms with Crippen molar-refractivity contribution in [3.8, 4) is 0 Å². The minimum Gasteiger partial charge on any atom is -0.352 e. The van der Waals surface area contributed by atoms with Gasteiger partial charge in [-0.2, -0.15) is 0 Å². The van der Waals surface area contributed by atoms with Crippen molar-refractivity contribution >= 4 is 40.1 Å². The van der Waals surface area contributed by atoms with E-state index >= 15 is 0 Å². The van der Waals surface area contributed by atoms with Crippen molar-refractivity contribution in [2.45, 2.75) is 0 Å². The Morgan fingerprint density at radius 3 is 3.06 bits per heavy atom. The molecule has 1 aromatic rings. The third-order valence-electron chi connectivity index (χ3n) is 1.73. The SMILES string of the molecule is [N-]=[N+]=NCCNC(=O)c1cc(Cl)ccc1I. The van der Waals surface area contributed by atoms with Gasteiger partial charge in [-0.05, 0) is 46.3 Å². The Kier molecular flexibility index (Phi) is 5.37. The lowest BCUT2D eigenvalue weighted by molar-refractivity contribution is 0.0954. The molecule has 0 aliphatic carbocycles. The van der Waals surface area contributed by atoms with Crippen LogP contribution in [0.25, 0.3) is 10.4 Å². The van der Waals surface area contributed by atoms with Gasteiger partial charge in [-0.15, -0.1) is 0 Å². The van der Waals surface area contributed by atoms with Crippen LogP contribution in [0.2, 0.25) is 5.02 Å². The first-order chi connectivity index (χ1) is 7.65. The Morgan fingerprint density at radius 1 is 1.62 bits per heavy atom. The molecule has 7 heteroatoms. The van der Waals surface area contributed by atoms with Crippen LogP contribution < -0.4 is 5.32 Å². The van der Waals surface area contributed by atoms with Crippen molar-refractivity contribution in [1.82, 2.24) is 5.32 Å². The molecule has 1 amide bonds. The highest BCUT2D eigenvalue weighted by Gasteiger charge is 2.09. The molecule has 0 aliphatic heterocycles. The van der Waals surface area contributed by atoms with Crippen LogP contribution in [-0.2, 0) is 0 Å². The molecule has 1 N–H and O–H groups in total. The van der Waals surface area contributed by atoms with E-state index in [9.17, 15) is 4.79 Å². The summed E-state index contributed by atoms with van der Waals surface area (Å²) in [5, 5.41) is 6.46. The average molecular weight is 351 g/mol. The zero-order chi connectivity index (χ0) is 12.0. The normalized spacial score (nSPS) is 9.38. The Hall–Kier alpha value is -0.980. The third-order valence-corrected chi connectivity index (χ3v) is 2.91. The minimum atomic E-state index is -0.222. The van der Waals surface area contributed by atoms with E-state index in [0.29, 0.717) is 17.1 Å². The van der Waals surface area contributed by atoms with Gasteiger partial charge in [-0.1, -0.05) is 16.7 Å². The topological polar surface area (TPSA) is 77.9 Å². The maximum atomic E-state index is 11.7. The molecule has 0 saturated heterocycles. The maximum Gasteiger partial charge on any atom is 0.252 e. The highest BCUT2D eigenvalue weighted by Crippen LogP contribution is 2.17. The van der Waals surface area contributed by atoms with Crippen molar-refractivity contribution in [2.75, 3.05) is 13.1 Å². The molecular weight excluding hydrogens is 342 g/mol. The second-order valence-electron chi connectivity index (χ2n) is 2.83. The molecule has 0 saturated carbocycles. The van der Waals surface area contributed by atoms with Crippen LogP contribution in [-0.4, -0.2) is 19.0 Å². The number of nitrogens with one attached hydrogen (secondary N) is 1. The van der Waals surface area contributed by atoms with Crippen LogP contribution in [0.4, 0.5) is 0 Å². The molecule has 0 aromatic heterocycles. The van der Waals surface area contributed by atoms with E-state index in [2.05, 4.69) is 37.9 Å². The van der Waals surface area contributed by atoms with Gasteiger partial charge in [0.15, 0.2) is 0 Å². The van der Waals surface area contributed by atoms with E-state index in [4.69, 9.17) is 17.1 Å². The lowest BCUT2D eigenvalue weighted by Gasteiger charge is -2.05. The fourth-order valence-corrected chi connectivity index (χ4v) is 1.78. The monoisotopic (exact) mass is 350 g/mol. The number of halogens is 2. The van der Waals surface area contributed by atoms with Crippen LogP contribution in [0.15, 0.2) is 23.3 Å². The predicted molar refractivity (Wildman–Crippen MR) is 70.5 cm³/mol. The molecule has 0 atom stereocenters. The first-order valence-corrected chi connectivity index (χ1v) is 5.85. The Bertz CT molecular complexity index is 445. The molecule has 1 rings (SSSR count). The smallest absolute Gasteiger partial charge is 0.252 e. The molecule has 16 heavy (non-hydrogen) atoms. The number of hydrogen-bond acceptors (Lipinski definition) is 2. The number of nitrogens with zero attached hydrogens (tertiary/aromatic N) is 3. The fourth-order valence-electron chi connectivity index (χ4n) is 1.03. The number of carbonyl (C=O) groups is 1. The van der Waals surface area contributed by atoms with Gasteiger partial charge in [0.05, 0.1) is 5.56 Å². The molecule has 0 bridgehead atoms. The van der Waals surface area contributed by atoms with Gasteiger partial charge in [-0.25, -0.2) is 0 Å². The van der Waals surface area contributed by atoms with E-state index in [-0.39, 0.29) is 12.5 Å². The first-order valence-electron chi connectivity index (χ1n) is 4.39. The molecule has 1 aromatic carbocycles. The van der Waals surface area contributed by atoms with Crippen molar-refractivity contribution < 1.29 is 4.79 Å². The van der Waals surface area contributed by atoms with Gasteiger partial charge in [0.2, 0.25) is 0 Å². The zero-order valence-corrected chi connectivity index (χ0v) is 11.1. The Balaban J connectivity index is 2.65. The number of hydrogen-bond donors (Lipinski definition) is 1. The lowest BCUT2D eigenvalue weighted by atomic mass is 10.2. The summed E-state index contributed by atoms with van der Waals surface area (Å²) >= 11 is 7.85. The number of benzene rings is 1. The molecule has 0 spiro atoms. The predicted octanol–water partition coefficient (Wildman–Crippen LogP) is 2.98. The van der Waals surface area contributed by atoms with Crippen LogP contribution in [0.5, 0.6) is 0 Å². The van der Waals surface area contributed by atoms with Gasteiger partial charge in [-0.3, -0.25) is 4.79 Å². The van der Waals surface area contributed by atoms with Gasteiger partial charge in [0.25, 0.3) is 5.91 Å². The lowest BCUT2D eigenvalue weighted by Crippen LogP contribution is -2.26. The third kappa shape index (κ3) is 3.88. The largest absolute Gasteiger partial charge is 0.352 e. The van der Waals surface area contributed by atoms with Crippen molar-refractivity contribution in [3.63, 3.8) is 0 Å². The van der Waals surface area contributed by atoms with Gasteiger partial charge in [0, 0.05) is 26.6 Å². The summed E-state index contributed by atoms with van der Waals surface area (Å²) in [7, 11) is 0. The molecule has 0 heterocycles. The number of azide groups is 1. The molecule has 0 aliphatic rings. The fraction of sp³-hybridized carbons (Fsp3) is 0.222. The van der Waals surface area contributed by atoms with E-state index < -0.39 is 0 Å². The second-order valence-corrected chi connectivity index (χ2v) is 4.43. The molecular formula is C9H8ClIN4O. The number of amides is 1. The summed E-state index contributed by atoms with van der Waals surface area (Å²) in [5.74, 6) is -0.222. The summed E-state index contributed by atoms with van der Waals surface area (Å²) in [4.78, 5) is 14.3. The van der Waals surface area contributed by atoms with Crippen molar-refractivity contribution in [2.24, 2.45) is 5.11 Å². The standard InChI is InChI=1S/C9H8ClIN4O/c10-6-1-2-8(11)7(5-6)9(16)13-3-4-14-15-12/h1-2,5H,3-4H2,(H,13,16). The van der Waals surface area contributed by atoms with Crippen molar-refractivity contribution in [1.29, 1.82) is 0 Å². The van der Waals surface area contributed by atoms with E-state index in [0.717, 1.165) is 3.57 Å². The molecule has 5 nitrogen and oxygen atoms in total. The first kappa shape index (κ1) is 13.1. The van der Waals surface area contributed by atoms with Crippen LogP contribution in [0, 0.1) is 3.57 Å². The van der Waals surface area contributed by atoms with Crippen LogP contribution in [0.3, 0.4) is 0 Å². The molecule has 0 fully saturated rings. The number of rotatable bonds is 4. The quantitative estimate of drug-likeness (QED) is 0.293. The summed E-state index contributed by atoms with van der Waals surface area (Å²) < 4.78 is 0.822. The van der Waals surface area contributed by atoms with Crippen LogP contribution in [0.1, 0.15) is 10.4 Å². The Labute approximate surface area is 111 Å². The molecule has 0 radical (unpaired) electrons. The van der Waals surface area contributed by atoms with Gasteiger partial charge >= 0.3 is 0 Å². The van der Waals surface area contributed by atoms with E-state index in [1.807, 2.05) is 0 Å². The van der Waals surface area contributed by atoms with Gasteiger partial charge < -0.3 is 5.32 Å². The van der Waals surface area contributed by atoms with Gasteiger partial charge in [0.1, 0.15) is 0 Å². The highest BCUT2D eigenvalue weighted by molar-refractivity contribution is 14.1. The summed E-state index contributed by atoms with van der Waals surface area (Å²) in [5.41, 5.74) is 8.58. The zero-order valence-electron chi connectivity index (χ0n) is 8.15. The molecule has 84 valence electrons. The average Bonchev–Trinajstić information content (AvgIpc) is 2.27. The number of carbonyl (C=O) groups excluding carboxylic acids is 1. The molecule has 0 unspecified atom stereocenters. The Morgan fingerprint density at radius 2 is 2.38 bits per heavy atom.